The summed E-state index contributed by atoms with van der Waals surface area (Å²) in [4.78, 5) is 24.3. The third-order valence-corrected chi connectivity index (χ3v) is 3.54. The maximum Gasteiger partial charge on any atom is 0.271 e. The van der Waals surface area contributed by atoms with Gasteiger partial charge in [-0.25, -0.2) is 5.43 Å². The molecule has 0 aromatic heterocycles. The summed E-state index contributed by atoms with van der Waals surface area (Å²) < 4.78 is 0. The number of nitro benzene ring substituents is 1. The van der Waals surface area contributed by atoms with E-state index in [-0.39, 0.29) is 11.6 Å². The molecule has 0 atom stereocenters. The Balaban J connectivity index is 1.91. The van der Waals surface area contributed by atoms with Crippen molar-refractivity contribution in [1.29, 1.82) is 0 Å². The first kappa shape index (κ1) is 15.1. The van der Waals surface area contributed by atoms with Gasteiger partial charge in [-0.1, -0.05) is 6.92 Å². The lowest BCUT2D eigenvalue weighted by atomic mass is 10.1. The summed E-state index contributed by atoms with van der Waals surface area (Å²) >= 11 is 0. The number of nitrogens with one attached hydrogen (secondary N) is 1. The molecule has 0 unspecified atom stereocenters. The first-order valence-corrected chi connectivity index (χ1v) is 6.92. The van der Waals surface area contributed by atoms with Gasteiger partial charge < -0.3 is 4.90 Å². The van der Waals surface area contributed by atoms with E-state index in [2.05, 4.69) is 22.4 Å². The maximum absolute atomic E-state index is 11.9. The minimum atomic E-state index is -0.497. The van der Waals surface area contributed by atoms with Crippen LogP contribution in [-0.2, 0) is 0 Å². The highest BCUT2D eigenvalue weighted by molar-refractivity contribution is 5.95. The molecule has 1 amide bonds. The van der Waals surface area contributed by atoms with Crippen molar-refractivity contribution in [2.24, 2.45) is 5.10 Å². The number of amides is 1. The molecule has 7 heteroatoms. The molecule has 1 saturated heterocycles. The molecular formula is C14H18N4O3. The van der Waals surface area contributed by atoms with E-state index in [4.69, 9.17) is 0 Å². The number of hydrogen-bond donors (Lipinski definition) is 1. The van der Waals surface area contributed by atoms with Crippen LogP contribution in [0.4, 0.5) is 5.69 Å². The van der Waals surface area contributed by atoms with Crippen LogP contribution in [0.2, 0.25) is 0 Å². The van der Waals surface area contributed by atoms with Gasteiger partial charge in [-0.05, 0) is 18.7 Å². The van der Waals surface area contributed by atoms with Gasteiger partial charge in [-0.2, -0.15) is 5.10 Å². The molecule has 21 heavy (non-hydrogen) atoms. The average molecular weight is 290 g/mol. The highest BCUT2D eigenvalue weighted by Gasteiger charge is 2.14. The van der Waals surface area contributed by atoms with Crippen LogP contribution in [0.5, 0.6) is 0 Å². The van der Waals surface area contributed by atoms with Crippen molar-refractivity contribution < 1.29 is 9.72 Å². The topological polar surface area (TPSA) is 87.8 Å². The predicted molar refractivity (Wildman–Crippen MR) is 79.3 cm³/mol. The first-order valence-electron chi connectivity index (χ1n) is 6.92. The lowest BCUT2D eigenvalue weighted by Gasteiger charge is -2.25. The van der Waals surface area contributed by atoms with Gasteiger partial charge >= 0.3 is 0 Å². The van der Waals surface area contributed by atoms with Gasteiger partial charge in [0, 0.05) is 49.3 Å². The van der Waals surface area contributed by atoms with Crippen molar-refractivity contribution in [1.82, 2.24) is 10.3 Å². The van der Waals surface area contributed by atoms with Gasteiger partial charge in [0.25, 0.3) is 11.6 Å². The molecule has 0 spiro atoms. The molecule has 1 fully saturated rings. The van der Waals surface area contributed by atoms with Crippen LogP contribution in [0, 0.1) is 10.1 Å². The Labute approximate surface area is 122 Å². The number of hydrazone groups is 1. The Hall–Kier alpha value is -2.28. The zero-order valence-corrected chi connectivity index (χ0v) is 11.9. The molecule has 1 N–H and O–H groups in total. The molecule has 0 aliphatic carbocycles. The number of nitro groups is 1. The second-order valence-corrected chi connectivity index (χ2v) is 4.86. The quantitative estimate of drug-likeness (QED) is 0.676. The molecule has 1 heterocycles. The third-order valence-electron chi connectivity index (χ3n) is 3.54. The Kier molecular flexibility index (Phi) is 4.99. The second kappa shape index (κ2) is 6.94. The SMILES string of the molecule is CCN1CCC(=NNC(=O)c2ccc([N+](=O)[O-])cc2)CC1. The van der Waals surface area contributed by atoms with Crippen molar-refractivity contribution in [2.75, 3.05) is 19.6 Å². The zero-order chi connectivity index (χ0) is 15.2. The molecule has 7 nitrogen and oxygen atoms in total. The van der Waals surface area contributed by atoms with E-state index in [9.17, 15) is 14.9 Å². The van der Waals surface area contributed by atoms with E-state index >= 15 is 0 Å². The van der Waals surface area contributed by atoms with Gasteiger partial charge in [0.05, 0.1) is 4.92 Å². The number of carbonyl (C=O) groups excluding carboxylic acids is 1. The van der Waals surface area contributed by atoms with Crippen molar-refractivity contribution >= 4 is 17.3 Å². The Morgan fingerprint density at radius 3 is 2.48 bits per heavy atom. The third kappa shape index (κ3) is 4.09. The summed E-state index contributed by atoms with van der Waals surface area (Å²) in [5, 5.41) is 14.7. The number of likely N-dealkylation sites (tertiary alicyclic amines) is 1. The molecular weight excluding hydrogens is 272 g/mol. The van der Waals surface area contributed by atoms with Crippen LogP contribution in [0.3, 0.4) is 0 Å². The fraction of sp³-hybridized carbons (Fsp3) is 0.429. The van der Waals surface area contributed by atoms with Crippen molar-refractivity contribution in [3.8, 4) is 0 Å². The predicted octanol–water partition coefficient (Wildman–Crippen LogP) is 1.80. The lowest BCUT2D eigenvalue weighted by molar-refractivity contribution is -0.384. The second-order valence-electron chi connectivity index (χ2n) is 4.86. The minimum absolute atomic E-state index is 0.0372. The van der Waals surface area contributed by atoms with Crippen LogP contribution in [0.15, 0.2) is 29.4 Å². The van der Waals surface area contributed by atoms with E-state index in [0.29, 0.717) is 5.56 Å². The minimum Gasteiger partial charge on any atom is -0.303 e. The number of nitrogens with zero attached hydrogens (tertiary/aromatic N) is 3. The number of carbonyl (C=O) groups is 1. The molecule has 2 rings (SSSR count). The smallest absolute Gasteiger partial charge is 0.271 e. The largest absolute Gasteiger partial charge is 0.303 e. The Morgan fingerprint density at radius 2 is 1.95 bits per heavy atom. The van der Waals surface area contributed by atoms with Crippen LogP contribution in [0.25, 0.3) is 0 Å². The number of benzene rings is 1. The summed E-state index contributed by atoms with van der Waals surface area (Å²) in [5.74, 6) is -0.352. The first-order chi connectivity index (χ1) is 10.1. The summed E-state index contributed by atoms with van der Waals surface area (Å²) in [5.41, 5.74) is 3.81. The molecule has 112 valence electrons. The number of non-ortho nitro benzene ring substituents is 1. The van der Waals surface area contributed by atoms with Gasteiger partial charge in [-0.15, -0.1) is 0 Å². The lowest BCUT2D eigenvalue weighted by Crippen LogP contribution is -2.34. The summed E-state index contributed by atoms with van der Waals surface area (Å²) in [6.07, 6.45) is 1.71. The van der Waals surface area contributed by atoms with E-state index in [1.807, 2.05) is 0 Å². The van der Waals surface area contributed by atoms with Crippen LogP contribution < -0.4 is 5.43 Å². The molecule has 1 aromatic carbocycles. The Bertz CT molecular complexity index is 544. The van der Waals surface area contributed by atoms with Crippen molar-refractivity contribution in [3.05, 3.63) is 39.9 Å². The van der Waals surface area contributed by atoms with E-state index in [1.54, 1.807) is 0 Å². The van der Waals surface area contributed by atoms with E-state index in [0.717, 1.165) is 38.2 Å². The highest BCUT2D eigenvalue weighted by atomic mass is 16.6. The van der Waals surface area contributed by atoms with Gasteiger partial charge in [0.15, 0.2) is 0 Å². The van der Waals surface area contributed by atoms with Crippen LogP contribution in [-0.4, -0.2) is 41.1 Å². The fourth-order valence-corrected chi connectivity index (χ4v) is 2.17. The normalized spacial score (nSPS) is 15.6. The summed E-state index contributed by atoms with van der Waals surface area (Å²) in [6.45, 7) is 5.08. The number of piperidine rings is 1. The van der Waals surface area contributed by atoms with Crippen LogP contribution >= 0.6 is 0 Å². The highest BCUT2D eigenvalue weighted by Crippen LogP contribution is 2.12. The monoisotopic (exact) mass is 290 g/mol. The van der Waals surface area contributed by atoms with Gasteiger partial charge in [0.2, 0.25) is 0 Å². The zero-order valence-electron chi connectivity index (χ0n) is 11.9. The number of hydrogen-bond acceptors (Lipinski definition) is 5. The average Bonchev–Trinajstić information content (AvgIpc) is 2.53. The molecule has 1 aliphatic heterocycles. The van der Waals surface area contributed by atoms with Crippen molar-refractivity contribution in [3.63, 3.8) is 0 Å². The molecule has 1 aromatic rings. The van der Waals surface area contributed by atoms with Gasteiger partial charge in [0.1, 0.15) is 0 Å². The van der Waals surface area contributed by atoms with Crippen molar-refractivity contribution in [2.45, 2.75) is 19.8 Å². The Morgan fingerprint density at radius 1 is 1.33 bits per heavy atom. The number of rotatable bonds is 4. The standard InChI is InChI=1S/C14H18N4O3/c1-2-17-9-7-12(8-10-17)15-16-14(19)11-3-5-13(6-4-11)18(20)21/h3-6H,2,7-10H2,1H3,(H,16,19). The molecule has 0 bridgehead atoms. The summed E-state index contributed by atoms with van der Waals surface area (Å²) in [6, 6.07) is 5.46. The van der Waals surface area contributed by atoms with Crippen LogP contribution in [0.1, 0.15) is 30.1 Å². The van der Waals surface area contributed by atoms with E-state index in [1.165, 1.54) is 24.3 Å². The summed E-state index contributed by atoms with van der Waals surface area (Å²) in [7, 11) is 0. The molecule has 0 radical (unpaired) electrons. The van der Waals surface area contributed by atoms with E-state index < -0.39 is 4.92 Å². The van der Waals surface area contributed by atoms with Gasteiger partial charge in [-0.3, -0.25) is 14.9 Å². The molecule has 0 saturated carbocycles. The molecule has 1 aliphatic rings. The fourth-order valence-electron chi connectivity index (χ4n) is 2.17. The maximum atomic E-state index is 11.9.